The maximum Gasteiger partial charge on any atom is 0.268 e. The molecule has 1 heterocycles. The molecule has 7 heteroatoms. The molecule has 0 atom stereocenters. The third kappa shape index (κ3) is 3.53. The van der Waals surface area contributed by atoms with Gasteiger partial charge in [0.15, 0.2) is 0 Å². The van der Waals surface area contributed by atoms with E-state index in [0.29, 0.717) is 12.4 Å². The highest BCUT2D eigenvalue weighted by Gasteiger charge is 2.30. The van der Waals surface area contributed by atoms with Gasteiger partial charge < -0.3 is 9.73 Å². The molecule has 0 unspecified atom stereocenters. The number of hydrogen-bond acceptors (Lipinski definition) is 4. The average Bonchev–Trinajstić information content (AvgIpc) is 2.77. The highest BCUT2D eigenvalue weighted by Crippen LogP contribution is 2.37. The van der Waals surface area contributed by atoms with Crippen LogP contribution < -0.4 is 5.32 Å². The van der Waals surface area contributed by atoms with Gasteiger partial charge in [-0.25, -0.2) is 0 Å². The van der Waals surface area contributed by atoms with E-state index in [9.17, 15) is 0 Å². The van der Waals surface area contributed by atoms with Crippen LogP contribution in [0.4, 0.5) is 5.69 Å². The van der Waals surface area contributed by atoms with Gasteiger partial charge in [-0.1, -0.05) is 53.0 Å². The maximum absolute atomic E-state index is 5.65. The number of hydrogen-bond donors (Lipinski definition) is 1. The van der Waals surface area contributed by atoms with Crippen molar-refractivity contribution in [3.8, 4) is 0 Å². The lowest BCUT2D eigenvalue weighted by molar-refractivity contribution is 0.461. The van der Waals surface area contributed by atoms with Crippen molar-refractivity contribution < 1.29 is 4.42 Å². The SMILES string of the molecule is Cc1cccc(C)c1NCc1nnc(C(Cl)(Cl)Cl)o1. The summed E-state index contributed by atoms with van der Waals surface area (Å²) in [5, 5.41) is 10.8. The fourth-order valence-corrected chi connectivity index (χ4v) is 1.93. The van der Waals surface area contributed by atoms with E-state index in [-0.39, 0.29) is 5.89 Å². The molecule has 0 amide bonds. The number of nitrogens with zero attached hydrogens (tertiary/aromatic N) is 2. The summed E-state index contributed by atoms with van der Waals surface area (Å²) < 4.78 is 3.58. The third-order valence-corrected chi connectivity index (χ3v) is 3.09. The van der Waals surface area contributed by atoms with Crippen molar-refractivity contribution in [2.24, 2.45) is 0 Å². The zero-order chi connectivity index (χ0) is 14.0. The van der Waals surface area contributed by atoms with E-state index in [1.165, 1.54) is 0 Å². The van der Waals surface area contributed by atoms with Crippen LogP contribution in [0.3, 0.4) is 0 Å². The van der Waals surface area contributed by atoms with Gasteiger partial charge in [0, 0.05) is 5.69 Å². The molecular weight excluding hydrogens is 309 g/mol. The highest BCUT2D eigenvalue weighted by atomic mass is 35.6. The van der Waals surface area contributed by atoms with E-state index in [2.05, 4.69) is 15.5 Å². The number of benzene rings is 1. The van der Waals surface area contributed by atoms with Crippen molar-refractivity contribution in [1.82, 2.24) is 10.2 Å². The number of alkyl halides is 3. The Morgan fingerprint density at radius 2 is 1.79 bits per heavy atom. The highest BCUT2D eigenvalue weighted by molar-refractivity contribution is 6.66. The standard InChI is InChI=1S/C12H12Cl3N3O/c1-7-4-3-5-8(2)10(7)16-6-9-17-18-11(19-9)12(13,14)15/h3-5,16H,6H2,1-2H3. The first-order chi connectivity index (χ1) is 8.88. The van der Waals surface area contributed by atoms with Crippen LogP contribution in [-0.4, -0.2) is 10.2 Å². The van der Waals surface area contributed by atoms with Crippen LogP contribution in [0, 0.1) is 13.8 Å². The van der Waals surface area contributed by atoms with E-state index in [4.69, 9.17) is 39.2 Å². The van der Waals surface area contributed by atoms with Crippen LogP contribution in [0.15, 0.2) is 22.6 Å². The van der Waals surface area contributed by atoms with Crippen molar-refractivity contribution in [2.75, 3.05) is 5.32 Å². The van der Waals surface area contributed by atoms with E-state index in [0.717, 1.165) is 16.8 Å². The van der Waals surface area contributed by atoms with Crippen LogP contribution in [0.25, 0.3) is 0 Å². The van der Waals surface area contributed by atoms with E-state index in [1.807, 2.05) is 32.0 Å². The lowest BCUT2D eigenvalue weighted by Gasteiger charge is -2.10. The molecule has 0 spiro atoms. The molecule has 0 aliphatic heterocycles. The number of nitrogens with one attached hydrogen (secondary N) is 1. The first kappa shape index (κ1) is 14.4. The Bertz CT molecular complexity index is 558. The van der Waals surface area contributed by atoms with Gasteiger partial charge in [-0.15, -0.1) is 10.2 Å². The number of para-hydroxylation sites is 1. The molecule has 0 fully saturated rings. The molecule has 4 nitrogen and oxygen atoms in total. The smallest absolute Gasteiger partial charge is 0.268 e. The van der Waals surface area contributed by atoms with E-state index >= 15 is 0 Å². The quantitative estimate of drug-likeness (QED) is 0.864. The van der Waals surface area contributed by atoms with Crippen LogP contribution >= 0.6 is 34.8 Å². The van der Waals surface area contributed by atoms with Gasteiger partial charge in [0.1, 0.15) is 0 Å². The van der Waals surface area contributed by atoms with Crippen molar-refractivity contribution in [2.45, 2.75) is 24.2 Å². The molecule has 0 aliphatic rings. The molecule has 1 aromatic carbocycles. The second-order valence-electron chi connectivity index (χ2n) is 4.12. The van der Waals surface area contributed by atoms with Gasteiger partial charge in [-0.05, 0) is 25.0 Å². The molecule has 1 aromatic heterocycles. The summed E-state index contributed by atoms with van der Waals surface area (Å²) in [6, 6.07) is 6.05. The summed E-state index contributed by atoms with van der Waals surface area (Å²) in [5.74, 6) is 0.333. The minimum atomic E-state index is -1.69. The zero-order valence-corrected chi connectivity index (χ0v) is 12.6. The van der Waals surface area contributed by atoms with Crippen LogP contribution in [-0.2, 0) is 10.3 Å². The van der Waals surface area contributed by atoms with E-state index < -0.39 is 3.79 Å². The van der Waals surface area contributed by atoms with Gasteiger partial charge in [0.25, 0.3) is 9.68 Å². The number of aryl methyl sites for hydroxylation is 2. The molecule has 0 radical (unpaired) electrons. The third-order valence-electron chi connectivity index (χ3n) is 2.61. The Labute approximate surface area is 126 Å². The largest absolute Gasteiger partial charge is 0.419 e. The minimum Gasteiger partial charge on any atom is -0.419 e. The lowest BCUT2D eigenvalue weighted by atomic mass is 10.1. The molecular formula is C12H12Cl3N3O. The normalized spacial score (nSPS) is 11.6. The second-order valence-corrected chi connectivity index (χ2v) is 6.40. The molecule has 2 rings (SSSR count). The number of rotatable bonds is 3. The predicted octanol–water partition coefficient (Wildman–Crippen LogP) is 4.13. The van der Waals surface area contributed by atoms with Gasteiger partial charge >= 0.3 is 0 Å². The summed E-state index contributed by atoms with van der Waals surface area (Å²) in [6.45, 7) is 4.42. The van der Waals surface area contributed by atoms with Gasteiger partial charge in [0.05, 0.1) is 6.54 Å². The van der Waals surface area contributed by atoms with Crippen molar-refractivity contribution in [3.05, 3.63) is 41.1 Å². The van der Waals surface area contributed by atoms with Crippen LogP contribution in [0.1, 0.15) is 22.9 Å². The Hall–Kier alpha value is -0.970. The lowest BCUT2D eigenvalue weighted by Crippen LogP contribution is -2.03. The van der Waals surface area contributed by atoms with Gasteiger partial charge in [0.2, 0.25) is 5.89 Å². The minimum absolute atomic E-state index is 0.0317. The van der Waals surface area contributed by atoms with E-state index in [1.54, 1.807) is 0 Å². The number of halogens is 3. The zero-order valence-electron chi connectivity index (χ0n) is 10.4. The summed E-state index contributed by atoms with van der Waals surface area (Å²) in [5.41, 5.74) is 3.32. The summed E-state index contributed by atoms with van der Waals surface area (Å²) in [4.78, 5) is 0. The summed E-state index contributed by atoms with van der Waals surface area (Å²) >= 11 is 17.0. The molecule has 2 aromatic rings. The van der Waals surface area contributed by atoms with Crippen molar-refractivity contribution >= 4 is 40.5 Å². The summed E-state index contributed by atoms with van der Waals surface area (Å²) in [6.07, 6.45) is 0. The monoisotopic (exact) mass is 319 g/mol. The Kier molecular flexibility index (Phi) is 4.23. The Morgan fingerprint density at radius 1 is 1.16 bits per heavy atom. The van der Waals surface area contributed by atoms with Crippen molar-refractivity contribution in [1.29, 1.82) is 0 Å². The number of anilines is 1. The Morgan fingerprint density at radius 3 is 2.32 bits per heavy atom. The first-order valence-electron chi connectivity index (χ1n) is 5.57. The topological polar surface area (TPSA) is 51.0 Å². The van der Waals surface area contributed by atoms with Gasteiger partial charge in [-0.2, -0.15) is 0 Å². The second kappa shape index (κ2) is 5.57. The maximum atomic E-state index is 5.65. The summed E-state index contributed by atoms with van der Waals surface area (Å²) in [7, 11) is 0. The molecule has 0 saturated heterocycles. The molecule has 0 aliphatic carbocycles. The molecule has 0 saturated carbocycles. The fraction of sp³-hybridized carbons (Fsp3) is 0.333. The molecule has 0 bridgehead atoms. The predicted molar refractivity (Wildman–Crippen MR) is 76.8 cm³/mol. The number of aromatic nitrogens is 2. The molecule has 19 heavy (non-hydrogen) atoms. The van der Waals surface area contributed by atoms with Crippen LogP contribution in [0.2, 0.25) is 0 Å². The fourth-order valence-electron chi connectivity index (χ4n) is 1.70. The molecule has 1 N–H and O–H groups in total. The average molecular weight is 321 g/mol. The van der Waals surface area contributed by atoms with Gasteiger partial charge in [-0.3, -0.25) is 0 Å². The first-order valence-corrected chi connectivity index (χ1v) is 6.71. The molecule has 102 valence electrons. The van der Waals surface area contributed by atoms with Crippen LogP contribution in [0.5, 0.6) is 0 Å². The van der Waals surface area contributed by atoms with Crippen molar-refractivity contribution in [3.63, 3.8) is 0 Å². The Balaban J connectivity index is 2.09.